The van der Waals surface area contributed by atoms with Crippen molar-refractivity contribution in [1.29, 1.82) is 0 Å². The van der Waals surface area contributed by atoms with Gasteiger partial charge in [-0.2, -0.15) is 0 Å². The number of nitrogens with zero attached hydrogens (tertiary/aromatic N) is 3. The fourth-order valence-corrected chi connectivity index (χ4v) is 3.66. The molecule has 0 radical (unpaired) electrons. The van der Waals surface area contributed by atoms with E-state index in [0.29, 0.717) is 6.04 Å². The molecule has 126 valence electrons. The SMILES string of the molecule is Cc1cc(N[C@@H]2CCCN(C)C2)nnc1-c1ccc(C2CC2)cc1. The van der Waals surface area contributed by atoms with E-state index in [9.17, 15) is 0 Å². The minimum absolute atomic E-state index is 0.473. The Balaban J connectivity index is 1.48. The van der Waals surface area contributed by atoms with Gasteiger partial charge in [-0.15, -0.1) is 10.2 Å². The minimum Gasteiger partial charge on any atom is -0.365 e. The molecule has 4 rings (SSSR count). The number of aromatic nitrogens is 2. The molecule has 4 nitrogen and oxygen atoms in total. The maximum Gasteiger partial charge on any atom is 0.149 e. The van der Waals surface area contributed by atoms with Gasteiger partial charge in [0.05, 0.1) is 5.69 Å². The van der Waals surface area contributed by atoms with Crippen molar-refractivity contribution in [1.82, 2.24) is 15.1 Å². The number of aryl methyl sites for hydroxylation is 1. The molecule has 0 amide bonds. The molecule has 1 aromatic heterocycles. The van der Waals surface area contributed by atoms with Gasteiger partial charge in [-0.3, -0.25) is 0 Å². The molecular weight excluding hydrogens is 296 g/mol. The van der Waals surface area contributed by atoms with Crippen LogP contribution in [0.2, 0.25) is 0 Å². The number of nitrogens with one attached hydrogen (secondary N) is 1. The van der Waals surface area contributed by atoms with E-state index in [1.54, 1.807) is 0 Å². The van der Waals surface area contributed by atoms with Crippen LogP contribution in [-0.4, -0.2) is 41.3 Å². The highest BCUT2D eigenvalue weighted by Crippen LogP contribution is 2.40. The molecule has 2 aliphatic rings. The predicted molar refractivity (Wildman–Crippen MR) is 98.3 cm³/mol. The van der Waals surface area contributed by atoms with E-state index in [0.717, 1.165) is 29.5 Å². The number of hydrogen-bond acceptors (Lipinski definition) is 4. The van der Waals surface area contributed by atoms with Crippen molar-refractivity contribution >= 4 is 5.82 Å². The molecule has 1 atom stereocenters. The Labute approximate surface area is 144 Å². The summed E-state index contributed by atoms with van der Waals surface area (Å²) in [5.41, 5.74) is 4.79. The number of rotatable bonds is 4. The van der Waals surface area contributed by atoms with Gasteiger partial charge in [-0.1, -0.05) is 24.3 Å². The summed E-state index contributed by atoms with van der Waals surface area (Å²) >= 11 is 0. The number of hydrogen-bond donors (Lipinski definition) is 1. The van der Waals surface area contributed by atoms with Gasteiger partial charge in [0.15, 0.2) is 0 Å². The first kappa shape index (κ1) is 15.6. The summed E-state index contributed by atoms with van der Waals surface area (Å²) in [7, 11) is 2.18. The number of benzene rings is 1. The van der Waals surface area contributed by atoms with Crippen molar-refractivity contribution in [2.24, 2.45) is 0 Å². The number of likely N-dealkylation sites (N-methyl/N-ethyl adjacent to an activating group) is 1. The third-order valence-electron chi connectivity index (χ3n) is 5.19. The molecule has 2 fully saturated rings. The maximum atomic E-state index is 4.50. The van der Waals surface area contributed by atoms with Crippen LogP contribution in [-0.2, 0) is 0 Å². The van der Waals surface area contributed by atoms with Crippen LogP contribution in [0.3, 0.4) is 0 Å². The Bertz CT molecular complexity index is 706. The van der Waals surface area contributed by atoms with E-state index in [2.05, 4.69) is 64.7 Å². The van der Waals surface area contributed by atoms with Crippen LogP contribution in [0.25, 0.3) is 11.3 Å². The van der Waals surface area contributed by atoms with E-state index in [4.69, 9.17) is 0 Å². The monoisotopic (exact) mass is 322 g/mol. The summed E-state index contributed by atoms with van der Waals surface area (Å²) < 4.78 is 0. The molecule has 0 spiro atoms. The highest BCUT2D eigenvalue weighted by Gasteiger charge is 2.23. The molecule has 1 aromatic carbocycles. The Morgan fingerprint density at radius 3 is 2.54 bits per heavy atom. The Hall–Kier alpha value is -1.94. The average Bonchev–Trinajstić information content (AvgIpc) is 3.40. The maximum absolute atomic E-state index is 4.50. The fraction of sp³-hybridized carbons (Fsp3) is 0.500. The molecule has 2 heterocycles. The molecule has 0 bridgehead atoms. The molecule has 24 heavy (non-hydrogen) atoms. The molecule has 1 aliphatic heterocycles. The smallest absolute Gasteiger partial charge is 0.149 e. The first-order valence-corrected chi connectivity index (χ1v) is 9.09. The molecule has 1 aliphatic carbocycles. The van der Waals surface area contributed by atoms with E-state index in [-0.39, 0.29) is 0 Å². The standard InChI is InChI=1S/C20H26N4/c1-14-12-19(21-18-4-3-11-24(2)13-18)22-23-20(14)17-9-7-16(8-10-17)15-5-6-15/h7-10,12,15,18H,3-6,11,13H2,1-2H3,(H,21,22)/t18-/m1/s1. The summed E-state index contributed by atoms with van der Waals surface area (Å²) in [6, 6.07) is 11.5. The largest absolute Gasteiger partial charge is 0.365 e. The van der Waals surface area contributed by atoms with Gasteiger partial charge in [0.1, 0.15) is 5.82 Å². The van der Waals surface area contributed by atoms with Crippen LogP contribution in [0.5, 0.6) is 0 Å². The van der Waals surface area contributed by atoms with E-state index in [1.807, 2.05) is 0 Å². The van der Waals surface area contributed by atoms with Crippen molar-refractivity contribution < 1.29 is 0 Å². The summed E-state index contributed by atoms with van der Waals surface area (Å²) in [5, 5.41) is 12.5. The second kappa shape index (κ2) is 6.52. The average molecular weight is 322 g/mol. The van der Waals surface area contributed by atoms with Crippen molar-refractivity contribution in [3.8, 4) is 11.3 Å². The quantitative estimate of drug-likeness (QED) is 0.928. The second-order valence-corrected chi connectivity index (χ2v) is 7.40. The van der Waals surface area contributed by atoms with E-state index < -0.39 is 0 Å². The van der Waals surface area contributed by atoms with Gasteiger partial charge in [0, 0.05) is 18.2 Å². The van der Waals surface area contributed by atoms with Gasteiger partial charge in [-0.05, 0) is 69.3 Å². The summed E-state index contributed by atoms with van der Waals surface area (Å²) in [5.74, 6) is 1.69. The van der Waals surface area contributed by atoms with Gasteiger partial charge in [0.2, 0.25) is 0 Å². The third-order valence-corrected chi connectivity index (χ3v) is 5.19. The molecule has 1 N–H and O–H groups in total. The second-order valence-electron chi connectivity index (χ2n) is 7.40. The molecule has 1 saturated heterocycles. The van der Waals surface area contributed by atoms with Crippen molar-refractivity contribution in [2.75, 3.05) is 25.5 Å². The van der Waals surface area contributed by atoms with Crippen LogP contribution >= 0.6 is 0 Å². The van der Waals surface area contributed by atoms with Crippen LogP contribution in [0.1, 0.15) is 42.7 Å². The van der Waals surface area contributed by atoms with Crippen LogP contribution in [0, 0.1) is 6.92 Å². The summed E-state index contributed by atoms with van der Waals surface area (Å²) in [6.45, 7) is 4.39. The van der Waals surface area contributed by atoms with Crippen LogP contribution in [0.4, 0.5) is 5.82 Å². The minimum atomic E-state index is 0.473. The first-order valence-electron chi connectivity index (χ1n) is 9.09. The number of anilines is 1. The highest BCUT2D eigenvalue weighted by atomic mass is 15.2. The predicted octanol–water partition coefficient (Wildman–Crippen LogP) is 3.84. The lowest BCUT2D eigenvalue weighted by Crippen LogP contribution is -2.39. The zero-order valence-corrected chi connectivity index (χ0v) is 14.6. The molecule has 0 unspecified atom stereocenters. The van der Waals surface area contributed by atoms with Crippen molar-refractivity contribution in [3.05, 3.63) is 41.5 Å². The molecular formula is C20H26N4. The van der Waals surface area contributed by atoms with E-state index >= 15 is 0 Å². The molecule has 1 saturated carbocycles. The fourth-order valence-electron chi connectivity index (χ4n) is 3.66. The number of likely N-dealkylation sites (tertiary alicyclic amines) is 1. The number of piperidine rings is 1. The Kier molecular flexibility index (Phi) is 4.23. The lowest BCUT2D eigenvalue weighted by atomic mass is 10.0. The summed E-state index contributed by atoms with van der Waals surface area (Å²) in [4.78, 5) is 2.37. The van der Waals surface area contributed by atoms with Crippen LogP contribution in [0.15, 0.2) is 30.3 Å². The lowest BCUT2D eigenvalue weighted by Gasteiger charge is -2.30. The normalized spacial score (nSPS) is 21.7. The van der Waals surface area contributed by atoms with E-state index in [1.165, 1.54) is 43.4 Å². The van der Waals surface area contributed by atoms with Crippen LogP contribution < -0.4 is 5.32 Å². The Morgan fingerprint density at radius 1 is 1.08 bits per heavy atom. The molecule has 4 heteroatoms. The Morgan fingerprint density at radius 2 is 1.88 bits per heavy atom. The van der Waals surface area contributed by atoms with Crippen molar-refractivity contribution in [3.63, 3.8) is 0 Å². The zero-order valence-electron chi connectivity index (χ0n) is 14.6. The third kappa shape index (κ3) is 3.44. The van der Waals surface area contributed by atoms with Gasteiger partial charge >= 0.3 is 0 Å². The van der Waals surface area contributed by atoms with Gasteiger partial charge < -0.3 is 10.2 Å². The van der Waals surface area contributed by atoms with Gasteiger partial charge in [0.25, 0.3) is 0 Å². The van der Waals surface area contributed by atoms with Crippen molar-refractivity contribution in [2.45, 2.75) is 44.6 Å². The van der Waals surface area contributed by atoms with Gasteiger partial charge in [-0.25, -0.2) is 0 Å². The zero-order chi connectivity index (χ0) is 16.5. The first-order chi connectivity index (χ1) is 11.7. The topological polar surface area (TPSA) is 41.0 Å². The lowest BCUT2D eigenvalue weighted by molar-refractivity contribution is 0.260. The highest BCUT2D eigenvalue weighted by molar-refractivity contribution is 5.64. The molecule has 2 aromatic rings. The summed E-state index contributed by atoms with van der Waals surface area (Å²) in [6.07, 6.45) is 5.13.